The summed E-state index contributed by atoms with van der Waals surface area (Å²) in [6, 6.07) is 8.47. The maximum absolute atomic E-state index is 15.2. The third kappa shape index (κ3) is 4.99. The summed E-state index contributed by atoms with van der Waals surface area (Å²) in [4.78, 5) is 39.1. The van der Waals surface area contributed by atoms with Crippen LogP contribution in [0.3, 0.4) is 0 Å². The molecule has 2 saturated heterocycles. The van der Waals surface area contributed by atoms with Crippen LogP contribution in [0.25, 0.3) is 0 Å². The summed E-state index contributed by atoms with van der Waals surface area (Å²) in [5.41, 5.74) is 2.14. The smallest absolute Gasteiger partial charge is 0.255 e. The molecule has 0 bridgehead atoms. The molecule has 0 saturated carbocycles. The number of carbonyl (C=O) groups excluding carboxylic acids is 3. The topological polar surface area (TPSA) is 91.0 Å². The molecule has 2 N–H and O–H groups in total. The third-order valence-corrected chi connectivity index (χ3v) is 6.40. The minimum Gasteiger partial charge on any atom is -0.381 e. The first-order valence-corrected chi connectivity index (χ1v) is 11.7. The maximum Gasteiger partial charge on any atom is 0.255 e. The predicted octanol–water partition coefficient (Wildman–Crippen LogP) is 2.81. The van der Waals surface area contributed by atoms with E-state index in [1.807, 2.05) is 0 Å². The Morgan fingerprint density at radius 1 is 1.19 bits per heavy atom. The summed E-state index contributed by atoms with van der Waals surface area (Å²) < 4.78 is 70.5. The third-order valence-electron chi connectivity index (χ3n) is 6.40. The predicted molar refractivity (Wildman–Crippen MR) is 131 cm³/mol. The highest BCUT2D eigenvalue weighted by Crippen LogP contribution is 2.32. The van der Waals surface area contributed by atoms with Gasteiger partial charge in [-0.25, -0.2) is 4.39 Å². The van der Waals surface area contributed by atoms with E-state index >= 15 is 4.39 Å². The normalized spacial score (nSPS) is 33.9. The molecule has 2 aromatic carbocycles. The summed E-state index contributed by atoms with van der Waals surface area (Å²) in [7, 11) is 0. The molecule has 3 heterocycles. The molecule has 3 aliphatic rings. The van der Waals surface area contributed by atoms with Gasteiger partial charge in [-0.15, -0.1) is 0 Å². The number of amides is 3. The lowest BCUT2D eigenvalue weighted by molar-refractivity contribution is -0.136. The Morgan fingerprint density at radius 3 is 2.69 bits per heavy atom. The van der Waals surface area contributed by atoms with Crippen LogP contribution in [0, 0.1) is 5.82 Å². The first kappa shape index (κ1) is 18.0. The zero-order chi connectivity index (χ0) is 30.8. The van der Waals surface area contributed by atoms with E-state index in [0.717, 1.165) is 19.9 Å². The molecule has 2 aromatic rings. The molecule has 3 unspecified atom stereocenters. The second kappa shape index (κ2) is 9.99. The van der Waals surface area contributed by atoms with Crippen LogP contribution in [0.15, 0.2) is 36.4 Å². The number of nitrogens with one attached hydrogen (secondary N) is 2. The lowest BCUT2D eigenvalue weighted by Gasteiger charge is -2.35. The van der Waals surface area contributed by atoms with Crippen molar-refractivity contribution >= 4 is 23.4 Å². The van der Waals surface area contributed by atoms with Crippen molar-refractivity contribution in [2.75, 3.05) is 18.3 Å². The van der Waals surface area contributed by atoms with Gasteiger partial charge in [-0.2, -0.15) is 0 Å². The number of anilines is 1. The molecule has 3 atom stereocenters. The molecule has 3 aliphatic heterocycles. The Hall–Kier alpha value is -3.30. The van der Waals surface area contributed by atoms with Crippen LogP contribution in [0.4, 0.5) is 10.1 Å². The number of morpholine rings is 1. The second-order valence-electron chi connectivity index (χ2n) is 9.04. The zero-order valence-electron chi connectivity index (χ0n) is 26.0. The Bertz CT molecular complexity index is 1440. The van der Waals surface area contributed by atoms with Gasteiger partial charge in [0, 0.05) is 66.9 Å². The Kier molecular flexibility index (Phi) is 5.00. The van der Waals surface area contributed by atoms with Crippen molar-refractivity contribution in [3.63, 3.8) is 0 Å². The quantitative estimate of drug-likeness (QED) is 0.593. The van der Waals surface area contributed by atoms with Crippen molar-refractivity contribution in [1.29, 1.82) is 0 Å². The first-order valence-electron chi connectivity index (χ1n) is 14.7. The van der Waals surface area contributed by atoms with Gasteiger partial charge in [0.2, 0.25) is 11.8 Å². The van der Waals surface area contributed by atoms with E-state index in [2.05, 4.69) is 10.6 Å². The molecule has 3 amide bonds. The van der Waals surface area contributed by atoms with Crippen molar-refractivity contribution < 1.29 is 31.7 Å². The van der Waals surface area contributed by atoms with Crippen molar-refractivity contribution in [2.24, 2.45) is 0 Å². The van der Waals surface area contributed by atoms with Crippen LogP contribution in [0.1, 0.15) is 62.0 Å². The van der Waals surface area contributed by atoms with Crippen LogP contribution in [-0.2, 0) is 34.0 Å². The number of ether oxygens (including phenoxy) is 1. The van der Waals surface area contributed by atoms with E-state index in [4.69, 9.17) is 13.0 Å². The van der Waals surface area contributed by atoms with E-state index in [1.165, 1.54) is 17.0 Å². The maximum atomic E-state index is 15.2. The van der Waals surface area contributed by atoms with Gasteiger partial charge < -0.3 is 15.0 Å². The van der Waals surface area contributed by atoms with Crippen LogP contribution in [-0.4, -0.2) is 58.7 Å². The van der Waals surface area contributed by atoms with Gasteiger partial charge in [0.25, 0.3) is 5.91 Å². The summed E-state index contributed by atoms with van der Waals surface area (Å²) in [6.45, 7) is -3.27. The number of hydrogen-bond acceptors (Lipinski definition) is 6. The number of hydrogen-bond donors (Lipinski definition) is 2. The molecule has 0 aliphatic carbocycles. The van der Waals surface area contributed by atoms with Gasteiger partial charge in [0.1, 0.15) is 11.9 Å². The van der Waals surface area contributed by atoms with Crippen LogP contribution in [0.5, 0.6) is 0 Å². The lowest BCUT2D eigenvalue weighted by Crippen LogP contribution is -2.52. The number of fused-ring (bicyclic) bond motifs is 1. The van der Waals surface area contributed by atoms with Crippen LogP contribution < -0.4 is 10.6 Å². The van der Waals surface area contributed by atoms with Gasteiger partial charge in [-0.3, -0.25) is 24.6 Å². The summed E-state index contributed by atoms with van der Waals surface area (Å²) in [5.74, 6) is -1.84. The van der Waals surface area contributed by atoms with E-state index in [-0.39, 0.29) is 48.9 Å². The number of carbonyl (C=O) groups is 3. The number of benzene rings is 2. The standard InChI is InChI=1S/C27H31FN4O4/c1-16-12-31(13-17(2)36-16)14-18-6-7-19(22(28)10-18)11-29-23-5-3-4-20-21(23)15-32(27(20)35)24-8-9-25(33)30-26(24)34/h3-7,10,16-17,24,29H,8-9,11-15H2,1-2H3,(H,30,33,34)/i12D2,13D2,16D,17D. The molecular formula is C27H31FN4O4. The van der Waals surface area contributed by atoms with Gasteiger partial charge in [-0.1, -0.05) is 18.2 Å². The SMILES string of the molecule is [2H]C1(C)OC([2H])(C)C([2H])([2H])N(Cc2ccc(CNc3cccc4c3CN(C3CCC(=O)NC3=O)C4=O)c(F)c2)C1([2H])[2H]. The fraction of sp³-hybridized carbons (Fsp3) is 0.444. The van der Waals surface area contributed by atoms with Gasteiger partial charge >= 0.3 is 0 Å². The van der Waals surface area contributed by atoms with E-state index in [9.17, 15) is 14.4 Å². The molecule has 8 nitrogen and oxygen atoms in total. The Balaban J connectivity index is 1.31. The highest BCUT2D eigenvalue weighted by molar-refractivity contribution is 6.06. The molecule has 0 spiro atoms. The molecule has 2 fully saturated rings. The zero-order valence-corrected chi connectivity index (χ0v) is 20.0. The van der Waals surface area contributed by atoms with Gasteiger partial charge in [0.15, 0.2) is 0 Å². The van der Waals surface area contributed by atoms with Gasteiger partial charge in [0.05, 0.1) is 14.9 Å². The van der Waals surface area contributed by atoms with Crippen molar-refractivity contribution in [3.05, 3.63) is 64.5 Å². The van der Waals surface area contributed by atoms with E-state index in [0.29, 0.717) is 21.7 Å². The Labute approximate surface area is 218 Å². The van der Waals surface area contributed by atoms with Crippen molar-refractivity contribution in [3.8, 4) is 0 Å². The number of piperidine rings is 1. The fourth-order valence-corrected chi connectivity index (χ4v) is 4.72. The highest BCUT2D eigenvalue weighted by Gasteiger charge is 2.39. The Morgan fingerprint density at radius 2 is 1.97 bits per heavy atom. The number of nitrogens with zero attached hydrogens (tertiary/aromatic N) is 2. The average molecular weight is 501 g/mol. The monoisotopic (exact) mass is 500 g/mol. The summed E-state index contributed by atoms with van der Waals surface area (Å²) >= 11 is 0. The van der Waals surface area contributed by atoms with Crippen LogP contribution >= 0.6 is 0 Å². The number of rotatable bonds is 6. The van der Waals surface area contributed by atoms with E-state index in [1.54, 1.807) is 18.2 Å². The van der Waals surface area contributed by atoms with E-state index < -0.39 is 49.5 Å². The molecule has 0 aromatic heterocycles. The van der Waals surface area contributed by atoms with Gasteiger partial charge in [-0.05, 0) is 44.0 Å². The second-order valence-corrected chi connectivity index (χ2v) is 9.04. The molecule has 9 heteroatoms. The van der Waals surface area contributed by atoms with Crippen LogP contribution in [0.2, 0.25) is 0 Å². The molecular weight excluding hydrogens is 463 g/mol. The number of halogens is 1. The minimum atomic E-state index is -2.64. The number of imide groups is 1. The van der Waals surface area contributed by atoms with Crippen molar-refractivity contribution in [1.82, 2.24) is 15.1 Å². The summed E-state index contributed by atoms with van der Waals surface area (Å²) in [5, 5.41) is 5.41. The molecule has 36 heavy (non-hydrogen) atoms. The largest absolute Gasteiger partial charge is 0.381 e. The molecule has 0 radical (unpaired) electrons. The first-order chi connectivity index (χ1) is 19.5. The fourth-order valence-electron chi connectivity index (χ4n) is 4.72. The summed E-state index contributed by atoms with van der Waals surface area (Å²) in [6.07, 6.45) is -4.14. The highest BCUT2D eigenvalue weighted by atomic mass is 19.1. The van der Waals surface area contributed by atoms with Crippen molar-refractivity contribution in [2.45, 2.75) is 64.5 Å². The minimum absolute atomic E-state index is 0.0317. The molecule has 190 valence electrons. The molecule has 5 rings (SSSR count). The average Bonchev–Trinajstić information content (AvgIpc) is 3.22. The lowest BCUT2D eigenvalue weighted by atomic mass is 10.0.